The second-order valence-corrected chi connectivity index (χ2v) is 7.89. The third kappa shape index (κ3) is 4.27. The molecule has 1 aliphatic carbocycles. The van der Waals surface area contributed by atoms with Crippen LogP contribution in [0.1, 0.15) is 76.1 Å². The number of nitrogens with zero attached hydrogens (tertiary/aromatic N) is 2. The SMILES string of the molecule is CCOC(=O)c1c(C)c(C(=O)C(C)N(C(=O)c2ccc(F)cc2)C2CC2)c(C)n1CC. The molecule has 1 amide bonds. The van der Waals surface area contributed by atoms with Gasteiger partial charge in [-0.3, -0.25) is 9.59 Å². The topological polar surface area (TPSA) is 68.6 Å². The number of amides is 1. The number of carbonyl (C=O) groups is 3. The minimum atomic E-state index is -0.717. The van der Waals surface area contributed by atoms with Crippen LogP contribution in [0, 0.1) is 19.7 Å². The van der Waals surface area contributed by atoms with Gasteiger partial charge in [0.1, 0.15) is 11.5 Å². The van der Waals surface area contributed by atoms with Crippen LogP contribution in [0.15, 0.2) is 24.3 Å². The highest BCUT2D eigenvalue weighted by Gasteiger charge is 2.40. The summed E-state index contributed by atoms with van der Waals surface area (Å²) >= 11 is 0. The molecule has 1 fully saturated rings. The number of hydrogen-bond donors (Lipinski definition) is 0. The monoisotopic (exact) mass is 428 g/mol. The van der Waals surface area contributed by atoms with Crippen LogP contribution >= 0.6 is 0 Å². The molecule has 1 saturated carbocycles. The molecule has 1 aliphatic rings. The summed E-state index contributed by atoms with van der Waals surface area (Å²) in [6, 6.07) is 4.62. The number of hydrogen-bond acceptors (Lipinski definition) is 4. The van der Waals surface area contributed by atoms with Crippen molar-refractivity contribution in [1.29, 1.82) is 0 Å². The minimum absolute atomic E-state index is 0.0186. The van der Waals surface area contributed by atoms with E-state index in [4.69, 9.17) is 4.74 Å². The van der Waals surface area contributed by atoms with E-state index in [2.05, 4.69) is 0 Å². The summed E-state index contributed by atoms with van der Waals surface area (Å²) in [6.07, 6.45) is 1.65. The minimum Gasteiger partial charge on any atom is -0.461 e. The predicted octanol–water partition coefficient (Wildman–Crippen LogP) is 4.32. The summed E-state index contributed by atoms with van der Waals surface area (Å²) < 4.78 is 20.3. The Morgan fingerprint density at radius 3 is 2.29 bits per heavy atom. The zero-order chi connectivity index (χ0) is 22.9. The van der Waals surface area contributed by atoms with E-state index in [9.17, 15) is 18.8 Å². The van der Waals surface area contributed by atoms with Crippen molar-refractivity contribution in [3.05, 3.63) is 58.2 Å². The molecule has 0 aliphatic heterocycles. The molecule has 1 heterocycles. The zero-order valence-corrected chi connectivity index (χ0v) is 18.7. The van der Waals surface area contributed by atoms with Gasteiger partial charge in [0.05, 0.1) is 12.6 Å². The van der Waals surface area contributed by atoms with Gasteiger partial charge in [-0.05, 0) is 77.3 Å². The number of rotatable bonds is 8. The van der Waals surface area contributed by atoms with Gasteiger partial charge in [0.2, 0.25) is 0 Å². The van der Waals surface area contributed by atoms with Crippen molar-refractivity contribution < 1.29 is 23.5 Å². The van der Waals surface area contributed by atoms with Crippen molar-refractivity contribution in [2.75, 3.05) is 6.61 Å². The number of ether oxygens (including phenoxy) is 1. The summed E-state index contributed by atoms with van der Waals surface area (Å²) in [6.45, 7) is 9.67. The van der Waals surface area contributed by atoms with Gasteiger partial charge >= 0.3 is 5.97 Å². The lowest BCUT2D eigenvalue weighted by atomic mass is 9.99. The van der Waals surface area contributed by atoms with Gasteiger partial charge < -0.3 is 14.2 Å². The molecule has 2 aromatic rings. The van der Waals surface area contributed by atoms with Crippen molar-refractivity contribution in [1.82, 2.24) is 9.47 Å². The van der Waals surface area contributed by atoms with Gasteiger partial charge in [0.15, 0.2) is 5.78 Å². The van der Waals surface area contributed by atoms with Gasteiger partial charge in [-0.2, -0.15) is 0 Å². The molecule has 7 heteroatoms. The van der Waals surface area contributed by atoms with E-state index >= 15 is 0 Å². The van der Waals surface area contributed by atoms with Gasteiger partial charge in [-0.25, -0.2) is 9.18 Å². The Kier molecular flexibility index (Phi) is 6.62. The summed E-state index contributed by atoms with van der Waals surface area (Å²) in [5.74, 6) is -1.38. The standard InChI is InChI=1S/C24H29FN2O4/c1-6-26-15(4)20(14(3)21(26)24(30)31-7-2)22(28)16(5)27(19-12-13-19)23(29)17-8-10-18(25)11-9-17/h8-11,16,19H,6-7,12-13H2,1-5H3. The fraction of sp³-hybridized carbons (Fsp3) is 0.458. The van der Waals surface area contributed by atoms with Gasteiger partial charge in [-0.1, -0.05) is 0 Å². The molecule has 0 saturated heterocycles. The van der Waals surface area contributed by atoms with E-state index in [1.807, 2.05) is 13.8 Å². The van der Waals surface area contributed by atoms with Crippen LogP contribution in [0.3, 0.4) is 0 Å². The van der Waals surface area contributed by atoms with Crippen molar-refractivity contribution >= 4 is 17.7 Å². The van der Waals surface area contributed by atoms with Crippen LogP contribution in [-0.2, 0) is 11.3 Å². The quantitative estimate of drug-likeness (QED) is 0.464. The Morgan fingerprint density at radius 2 is 1.77 bits per heavy atom. The first kappa shape index (κ1) is 22.7. The van der Waals surface area contributed by atoms with E-state index in [0.29, 0.717) is 34.6 Å². The first-order chi connectivity index (χ1) is 14.7. The molecular formula is C24H29FN2O4. The largest absolute Gasteiger partial charge is 0.461 e. The highest BCUT2D eigenvalue weighted by molar-refractivity contribution is 6.07. The van der Waals surface area contributed by atoms with Crippen LogP contribution in [-0.4, -0.2) is 45.8 Å². The first-order valence-electron chi connectivity index (χ1n) is 10.7. The number of Topliss-reactive ketones (excluding diaryl/α,β-unsaturated/α-hetero) is 1. The average Bonchev–Trinajstić information content (AvgIpc) is 3.53. The number of aromatic nitrogens is 1. The zero-order valence-electron chi connectivity index (χ0n) is 18.7. The van der Waals surface area contributed by atoms with Gasteiger partial charge in [0, 0.05) is 29.4 Å². The lowest BCUT2D eigenvalue weighted by Gasteiger charge is -2.29. The molecule has 0 spiro atoms. The van der Waals surface area contributed by atoms with E-state index in [0.717, 1.165) is 12.8 Å². The lowest BCUT2D eigenvalue weighted by Crippen LogP contribution is -2.45. The normalized spacial score (nSPS) is 14.3. The third-order valence-corrected chi connectivity index (χ3v) is 5.86. The van der Waals surface area contributed by atoms with E-state index in [1.54, 1.807) is 30.2 Å². The maximum Gasteiger partial charge on any atom is 0.355 e. The predicted molar refractivity (Wildman–Crippen MR) is 115 cm³/mol. The summed E-state index contributed by atoms with van der Waals surface area (Å²) in [5, 5.41) is 0. The molecule has 0 bridgehead atoms. The maximum absolute atomic E-state index is 13.6. The summed E-state index contributed by atoms with van der Waals surface area (Å²) in [4.78, 5) is 40.9. The van der Waals surface area contributed by atoms with Crippen molar-refractivity contribution in [3.63, 3.8) is 0 Å². The third-order valence-electron chi connectivity index (χ3n) is 5.86. The Balaban J connectivity index is 1.98. The van der Waals surface area contributed by atoms with Crippen molar-refractivity contribution in [2.24, 2.45) is 0 Å². The molecule has 1 unspecified atom stereocenters. The second-order valence-electron chi connectivity index (χ2n) is 7.89. The van der Waals surface area contributed by atoms with E-state index < -0.39 is 17.8 Å². The van der Waals surface area contributed by atoms with Gasteiger partial charge in [-0.15, -0.1) is 0 Å². The van der Waals surface area contributed by atoms with Crippen LogP contribution < -0.4 is 0 Å². The fourth-order valence-corrected chi connectivity index (χ4v) is 4.20. The highest BCUT2D eigenvalue weighted by atomic mass is 19.1. The van der Waals surface area contributed by atoms with Crippen LogP contribution in [0.25, 0.3) is 0 Å². The van der Waals surface area contributed by atoms with Gasteiger partial charge in [0.25, 0.3) is 5.91 Å². The number of carbonyl (C=O) groups excluding carboxylic acids is 3. The molecule has 1 atom stereocenters. The molecule has 31 heavy (non-hydrogen) atoms. The van der Waals surface area contributed by atoms with Crippen LogP contribution in [0.5, 0.6) is 0 Å². The molecule has 3 rings (SSSR count). The second kappa shape index (κ2) is 9.04. The van der Waals surface area contributed by atoms with Crippen LogP contribution in [0.2, 0.25) is 0 Å². The summed E-state index contributed by atoms with van der Waals surface area (Å²) in [7, 11) is 0. The Morgan fingerprint density at radius 1 is 1.16 bits per heavy atom. The Bertz CT molecular complexity index is 1010. The van der Waals surface area contributed by atoms with Crippen molar-refractivity contribution in [2.45, 2.75) is 66.1 Å². The van der Waals surface area contributed by atoms with Crippen molar-refractivity contribution in [3.8, 4) is 0 Å². The molecule has 0 N–H and O–H groups in total. The Labute approximate surface area is 182 Å². The van der Waals surface area contributed by atoms with Crippen LogP contribution in [0.4, 0.5) is 4.39 Å². The summed E-state index contributed by atoms with van der Waals surface area (Å²) in [5.41, 5.74) is 2.43. The molecule has 1 aromatic heterocycles. The molecule has 6 nitrogen and oxygen atoms in total. The first-order valence-corrected chi connectivity index (χ1v) is 10.7. The number of halogens is 1. The lowest BCUT2D eigenvalue weighted by molar-refractivity contribution is 0.0512. The average molecular weight is 429 g/mol. The molecular weight excluding hydrogens is 399 g/mol. The maximum atomic E-state index is 13.6. The number of ketones is 1. The number of benzene rings is 1. The Hall–Kier alpha value is -2.96. The molecule has 166 valence electrons. The van der Waals surface area contributed by atoms with E-state index in [-0.39, 0.29) is 24.3 Å². The smallest absolute Gasteiger partial charge is 0.355 e. The fourth-order valence-electron chi connectivity index (χ4n) is 4.20. The molecule has 1 aromatic carbocycles. The van der Waals surface area contributed by atoms with E-state index in [1.165, 1.54) is 24.3 Å². The molecule has 0 radical (unpaired) electrons. The highest BCUT2D eigenvalue weighted by Crippen LogP contribution is 2.33. The number of esters is 1.